The first-order valence-corrected chi connectivity index (χ1v) is 4.93. The minimum absolute atomic E-state index is 0.170. The lowest BCUT2D eigenvalue weighted by molar-refractivity contribution is 0.469. The molecule has 0 atom stereocenters. The highest BCUT2D eigenvalue weighted by Crippen LogP contribution is 2.23. The second-order valence-electron chi connectivity index (χ2n) is 3.35. The molecule has 0 saturated carbocycles. The lowest BCUT2D eigenvalue weighted by atomic mass is 10.2. The topological polar surface area (TPSA) is 46.0 Å². The van der Waals surface area contributed by atoms with Crippen LogP contribution in [0.2, 0.25) is 5.15 Å². The molecule has 0 radical (unpaired) electrons. The Morgan fingerprint density at radius 1 is 1.19 bits per heavy atom. The summed E-state index contributed by atoms with van der Waals surface area (Å²) in [5.74, 6) is -0.424. The Morgan fingerprint density at radius 2 is 1.94 bits per heavy atom. The Hall–Kier alpha value is -1.68. The van der Waals surface area contributed by atoms with Crippen LogP contribution in [-0.2, 0) is 0 Å². The Kier molecular flexibility index (Phi) is 2.75. The summed E-state index contributed by atoms with van der Waals surface area (Å²) in [7, 11) is 0. The maximum Gasteiger partial charge on any atom is 0.161 e. The molecular formula is C11H8ClFN2O. The molecule has 5 heteroatoms. The predicted molar refractivity (Wildman–Crippen MR) is 58.8 cm³/mol. The number of aromatic hydroxyl groups is 1. The highest BCUT2D eigenvalue weighted by Gasteiger charge is 2.07. The van der Waals surface area contributed by atoms with Crippen LogP contribution in [0.4, 0.5) is 4.39 Å². The number of aryl methyl sites for hydroxylation is 1. The fourth-order valence-electron chi connectivity index (χ4n) is 1.36. The van der Waals surface area contributed by atoms with Crippen molar-refractivity contribution < 1.29 is 9.50 Å². The standard InChI is InChI=1S/C11H8ClFN2O/c1-6-2-10(12)15-11(14-6)7-3-8(13)5-9(16)4-7/h2-5,16H,1H3. The molecule has 2 rings (SSSR count). The van der Waals surface area contributed by atoms with Gasteiger partial charge in [0.1, 0.15) is 16.7 Å². The zero-order chi connectivity index (χ0) is 11.7. The van der Waals surface area contributed by atoms with Crippen LogP contribution in [0.15, 0.2) is 24.3 Å². The zero-order valence-corrected chi connectivity index (χ0v) is 9.16. The van der Waals surface area contributed by atoms with Gasteiger partial charge >= 0.3 is 0 Å². The van der Waals surface area contributed by atoms with Gasteiger partial charge in [-0.3, -0.25) is 0 Å². The van der Waals surface area contributed by atoms with E-state index in [-0.39, 0.29) is 10.9 Å². The van der Waals surface area contributed by atoms with Crippen LogP contribution in [0.5, 0.6) is 5.75 Å². The van der Waals surface area contributed by atoms with E-state index in [0.29, 0.717) is 17.1 Å². The molecule has 1 heterocycles. The van der Waals surface area contributed by atoms with Gasteiger partial charge in [0.2, 0.25) is 0 Å². The predicted octanol–water partition coefficient (Wildman–Crippen LogP) is 2.95. The lowest BCUT2D eigenvalue weighted by Crippen LogP contribution is -1.92. The SMILES string of the molecule is Cc1cc(Cl)nc(-c2cc(O)cc(F)c2)n1. The first-order valence-electron chi connectivity index (χ1n) is 4.56. The highest BCUT2D eigenvalue weighted by atomic mass is 35.5. The van der Waals surface area contributed by atoms with Gasteiger partial charge in [0.15, 0.2) is 5.82 Å². The van der Waals surface area contributed by atoms with E-state index >= 15 is 0 Å². The third kappa shape index (κ3) is 2.28. The van der Waals surface area contributed by atoms with Gasteiger partial charge in [0, 0.05) is 17.3 Å². The molecule has 0 fully saturated rings. The Bertz CT molecular complexity index is 456. The zero-order valence-electron chi connectivity index (χ0n) is 8.41. The molecule has 0 aliphatic rings. The quantitative estimate of drug-likeness (QED) is 0.777. The fourth-order valence-corrected chi connectivity index (χ4v) is 1.60. The van der Waals surface area contributed by atoms with Crippen LogP contribution < -0.4 is 0 Å². The summed E-state index contributed by atoms with van der Waals surface area (Å²) < 4.78 is 13.1. The van der Waals surface area contributed by atoms with Crippen LogP contribution in [-0.4, -0.2) is 15.1 Å². The molecule has 1 aromatic heterocycles. The summed E-state index contributed by atoms with van der Waals surface area (Å²) in [6.45, 7) is 1.76. The minimum Gasteiger partial charge on any atom is -0.508 e. The van der Waals surface area contributed by atoms with Crippen molar-refractivity contribution in [2.45, 2.75) is 6.92 Å². The van der Waals surface area contributed by atoms with E-state index in [2.05, 4.69) is 9.97 Å². The summed E-state index contributed by atoms with van der Waals surface area (Å²) in [6.07, 6.45) is 0. The van der Waals surface area contributed by atoms with Crippen molar-refractivity contribution in [3.8, 4) is 17.1 Å². The highest BCUT2D eigenvalue weighted by molar-refractivity contribution is 6.29. The van der Waals surface area contributed by atoms with E-state index in [1.165, 1.54) is 12.1 Å². The van der Waals surface area contributed by atoms with Gasteiger partial charge in [-0.15, -0.1) is 0 Å². The molecule has 0 aliphatic heterocycles. The van der Waals surface area contributed by atoms with E-state index in [1.807, 2.05) is 0 Å². The van der Waals surface area contributed by atoms with Gasteiger partial charge in [0.05, 0.1) is 0 Å². The van der Waals surface area contributed by atoms with Crippen molar-refractivity contribution in [2.75, 3.05) is 0 Å². The molecule has 82 valence electrons. The number of hydrogen-bond acceptors (Lipinski definition) is 3. The second kappa shape index (κ2) is 4.06. The first-order chi connectivity index (χ1) is 7.54. The number of halogens is 2. The molecule has 0 unspecified atom stereocenters. The van der Waals surface area contributed by atoms with Gasteiger partial charge in [-0.1, -0.05) is 11.6 Å². The Balaban J connectivity index is 2.57. The number of hydrogen-bond donors (Lipinski definition) is 1. The van der Waals surface area contributed by atoms with E-state index in [1.54, 1.807) is 13.0 Å². The molecule has 0 aliphatic carbocycles. The van der Waals surface area contributed by atoms with Crippen molar-refractivity contribution in [1.29, 1.82) is 0 Å². The molecule has 0 bridgehead atoms. The van der Waals surface area contributed by atoms with Gasteiger partial charge in [-0.25, -0.2) is 14.4 Å². The van der Waals surface area contributed by atoms with Gasteiger partial charge in [-0.05, 0) is 25.1 Å². The monoisotopic (exact) mass is 238 g/mol. The van der Waals surface area contributed by atoms with Crippen LogP contribution in [0.25, 0.3) is 11.4 Å². The van der Waals surface area contributed by atoms with E-state index in [4.69, 9.17) is 11.6 Å². The smallest absolute Gasteiger partial charge is 0.161 e. The van der Waals surface area contributed by atoms with Gasteiger partial charge < -0.3 is 5.11 Å². The van der Waals surface area contributed by atoms with Crippen molar-refractivity contribution in [3.63, 3.8) is 0 Å². The number of nitrogens with zero attached hydrogens (tertiary/aromatic N) is 2. The Morgan fingerprint density at radius 3 is 2.56 bits per heavy atom. The average Bonchev–Trinajstić information content (AvgIpc) is 2.14. The lowest BCUT2D eigenvalue weighted by Gasteiger charge is -2.03. The number of aromatic nitrogens is 2. The molecular weight excluding hydrogens is 231 g/mol. The van der Waals surface area contributed by atoms with Gasteiger partial charge in [0.25, 0.3) is 0 Å². The Labute approximate surface area is 96.6 Å². The number of phenolic OH excluding ortho intramolecular Hbond substituents is 1. The van der Waals surface area contributed by atoms with Crippen molar-refractivity contribution in [3.05, 3.63) is 40.9 Å². The summed E-state index contributed by atoms with van der Waals surface area (Å²) >= 11 is 5.77. The molecule has 1 N–H and O–H groups in total. The second-order valence-corrected chi connectivity index (χ2v) is 3.74. The third-order valence-corrected chi connectivity index (χ3v) is 2.16. The van der Waals surface area contributed by atoms with E-state index in [0.717, 1.165) is 6.07 Å². The first kappa shape index (κ1) is 10.8. The van der Waals surface area contributed by atoms with Crippen LogP contribution in [0.1, 0.15) is 5.69 Å². The van der Waals surface area contributed by atoms with Crippen molar-refractivity contribution in [1.82, 2.24) is 9.97 Å². The summed E-state index contributed by atoms with van der Waals surface area (Å²) in [4.78, 5) is 8.08. The van der Waals surface area contributed by atoms with Gasteiger partial charge in [-0.2, -0.15) is 0 Å². The molecule has 1 aromatic carbocycles. The van der Waals surface area contributed by atoms with Crippen LogP contribution in [0.3, 0.4) is 0 Å². The van der Waals surface area contributed by atoms with E-state index < -0.39 is 5.82 Å². The number of benzene rings is 1. The number of rotatable bonds is 1. The normalized spacial score (nSPS) is 10.4. The molecule has 16 heavy (non-hydrogen) atoms. The average molecular weight is 239 g/mol. The molecule has 0 spiro atoms. The summed E-state index contributed by atoms with van der Waals surface area (Å²) in [6, 6.07) is 5.24. The van der Waals surface area contributed by atoms with Crippen LogP contribution >= 0.6 is 11.6 Å². The maximum absolute atomic E-state index is 13.1. The minimum atomic E-state index is -0.545. The summed E-state index contributed by atoms with van der Waals surface area (Å²) in [5, 5.41) is 9.55. The molecule has 0 saturated heterocycles. The largest absolute Gasteiger partial charge is 0.508 e. The van der Waals surface area contributed by atoms with Crippen molar-refractivity contribution in [2.24, 2.45) is 0 Å². The maximum atomic E-state index is 13.1. The van der Waals surface area contributed by atoms with Crippen molar-refractivity contribution >= 4 is 11.6 Å². The summed E-state index contributed by atoms with van der Waals surface area (Å²) in [5.41, 5.74) is 1.07. The van der Waals surface area contributed by atoms with Crippen LogP contribution in [0, 0.1) is 12.7 Å². The molecule has 2 aromatic rings. The fraction of sp³-hybridized carbons (Fsp3) is 0.0909. The number of phenols is 1. The molecule has 0 amide bonds. The van der Waals surface area contributed by atoms with E-state index in [9.17, 15) is 9.50 Å². The molecule has 3 nitrogen and oxygen atoms in total. The third-order valence-electron chi connectivity index (χ3n) is 1.96.